The zero-order valence-corrected chi connectivity index (χ0v) is 9.88. The molecule has 0 amide bonds. The summed E-state index contributed by atoms with van der Waals surface area (Å²) in [7, 11) is -5.17. The molecule has 0 bridgehead atoms. The standard InChI is InChI=1S/Ba.H2O4S.Pd/c;1-5(2,3)4;/h;(H2,1,2,3,4);/q+2;;/p-2. The second kappa shape index (κ2) is 6.23. The van der Waals surface area contributed by atoms with E-state index in [0.717, 1.165) is 0 Å². The molecule has 0 aliphatic heterocycles. The fourth-order valence-electron chi connectivity index (χ4n) is 0. The van der Waals surface area contributed by atoms with Gasteiger partial charge in [0, 0.05) is 30.8 Å². The summed E-state index contributed by atoms with van der Waals surface area (Å²) >= 11 is 0. The summed E-state index contributed by atoms with van der Waals surface area (Å²) < 4.78 is 34.1. The molecule has 0 radical (unpaired) electrons. The van der Waals surface area contributed by atoms with Crippen molar-refractivity contribution >= 4 is 59.3 Å². The molecule has 0 saturated heterocycles. The Bertz CT molecular complexity index is 94.9. The van der Waals surface area contributed by atoms with Crippen molar-refractivity contribution < 1.29 is 37.9 Å². The molecule has 0 rings (SSSR count). The van der Waals surface area contributed by atoms with Crippen LogP contribution in [0.4, 0.5) is 0 Å². The van der Waals surface area contributed by atoms with E-state index >= 15 is 0 Å². The van der Waals surface area contributed by atoms with Gasteiger partial charge >= 0.3 is 48.9 Å². The van der Waals surface area contributed by atoms with Gasteiger partial charge in [-0.05, 0) is 0 Å². The first-order chi connectivity index (χ1) is 2.00. The monoisotopic (exact) mass is 340 g/mol. The first-order valence-corrected chi connectivity index (χ1v) is 2.00. The second-order valence-electron chi connectivity index (χ2n) is 0.408. The predicted octanol–water partition coefficient (Wildman–Crippen LogP) is -1.72. The summed E-state index contributed by atoms with van der Waals surface area (Å²) in [5.74, 6) is 0. The van der Waals surface area contributed by atoms with Gasteiger partial charge in [-0.15, -0.1) is 0 Å². The van der Waals surface area contributed by atoms with Gasteiger partial charge in [-0.2, -0.15) is 0 Å². The molecule has 0 heterocycles. The van der Waals surface area contributed by atoms with E-state index in [-0.39, 0.29) is 69.3 Å². The van der Waals surface area contributed by atoms with Crippen LogP contribution in [0.1, 0.15) is 0 Å². The van der Waals surface area contributed by atoms with Gasteiger partial charge < -0.3 is 9.11 Å². The molecule has 0 saturated carbocycles. The quantitative estimate of drug-likeness (QED) is 0.299. The van der Waals surface area contributed by atoms with Crippen LogP contribution in [-0.4, -0.2) is 66.4 Å². The predicted molar refractivity (Wildman–Crippen MR) is 16.2 cm³/mol. The first-order valence-electron chi connectivity index (χ1n) is 0.667. The molecule has 0 fully saturated rings. The van der Waals surface area contributed by atoms with Crippen molar-refractivity contribution in [1.82, 2.24) is 0 Å². The van der Waals surface area contributed by atoms with E-state index < -0.39 is 10.4 Å². The van der Waals surface area contributed by atoms with Gasteiger partial charge in [0.2, 0.25) is 0 Å². The second-order valence-corrected chi connectivity index (χ2v) is 1.22. The minimum absolute atomic E-state index is 0. The maximum absolute atomic E-state index is 8.52. The summed E-state index contributed by atoms with van der Waals surface area (Å²) in [5, 5.41) is 0. The third kappa shape index (κ3) is 68.2. The summed E-state index contributed by atoms with van der Waals surface area (Å²) in [5.41, 5.74) is 0. The molecule has 0 aliphatic rings. The third-order valence-corrected chi connectivity index (χ3v) is 0. The van der Waals surface area contributed by atoms with Gasteiger partial charge in [-0.25, -0.2) is 0 Å². The van der Waals surface area contributed by atoms with Crippen molar-refractivity contribution in [3.63, 3.8) is 0 Å². The number of rotatable bonds is 0. The van der Waals surface area contributed by atoms with E-state index in [1.807, 2.05) is 0 Å². The van der Waals surface area contributed by atoms with Crippen LogP contribution in [-0.2, 0) is 30.8 Å². The van der Waals surface area contributed by atoms with Crippen molar-refractivity contribution in [2.75, 3.05) is 0 Å². The molecule has 0 aliphatic carbocycles. The average molecular weight is 340 g/mol. The van der Waals surface area contributed by atoms with Crippen molar-refractivity contribution in [1.29, 1.82) is 0 Å². The van der Waals surface area contributed by atoms with Crippen LogP contribution in [0, 0.1) is 0 Å². The molecular formula is BaO4PdS. The Morgan fingerprint density at radius 2 is 1.14 bits per heavy atom. The normalized spacial score (nSPS) is 8.29. The van der Waals surface area contributed by atoms with Crippen LogP contribution in [0.2, 0.25) is 0 Å². The Morgan fingerprint density at radius 3 is 1.14 bits per heavy atom. The zero-order chi connectivity index (χ0) is 4.50. The number of hydrogen-bond donors (Lipinski definition) is 0. The Kier molecular flexibility index (Phi) is 14.3. The third-order valence-electron chi connectivity index (χ3n) is 0. The molecular weight excluding hydrogens is 340 g/mol. The molecule has 0 aromatic carbocycles. The molecule has 0 atom stereocenters. The maximum atomic E-state index is 8.52. The summed E-state index contributed by atoms with van der Waals surface area (Å²) in [6, 6.07) is 0. The maximum Gasteiger partial charge on any atom is 2.00 e. The Hall–Kier alpha value is 2.10. The molecule has 0 N–H and O–H groups in total. The Labute approximate surface area is 95.4 Å². The molecule has 0 unspecified atom stereocenters. The van der Waals surface area contributed by atoms with Gasteiger partial charge in [-0.3, -0.25) is 8.42 Å². The fraction of sp³-hybridized carbons (Fsp3) is 0. The number of hydrogen-bond acceptors (Lipinski definition) is 4. The molecule has 7 heavy (non-hydrogen) atoms. The molecule has 42 valence electrons. The van der Waals surface area contributed by atoms with Crippen LogP contribution in [0.5, 0.6) is 0 Å². The van der Waals surface area contributed by atoms with E-state index in [0.29, 0.717) is 0 Å². The van der Waals surface area contributed by atoms with E-state index in [4.69, 9.17) is 17.5 Å². The van der Waals surface area contributed by atoms with Crippen molar-refractivity contribution in [2.24, 2.45) is 0 Å². The molecule has 0 spiro atoms. The molecule has 4 nitrogen and oxygen atoms in total. The zero-order valence-electron chi connectivity index (χ0n) is 3.06. The van der Waals surface area contributed by atoms with Gasteiger partial charge in [0.1, 0.15) is 0 Å². The largest absolute Gasteiger partial charge is 2.00 e. The summed E-state index contributed by atoms with van der Waals surface area (Å²) in [4.78, 5) is 0. The minimum Gasteiger partial charge on any atom is -0.759 e. The first kappa shape index (κ1) is 16.0. The van der Waals surface area contributed by atoms with Crippen LogP contribution in [0.25, 0.3) is 0 Å². The van der Waals surface area contributed by atoms with Crippen molar-refractivity contribution in [2.45, 2.75) is 0 Å². The minimum atomic E-state index is -5.17. The van der Waals surface area contributed by atoms with E-state index in [1.54, 1.807) is 0 Å². The Balaban J connectivity index is -0.0000000800. The van der Waals surface area contributed by atoms with E-state index in [9.17, 15) is 0 Å². The van der Waals surface area contributed by atoms with Crippen molar-refractivity contribution in [3.05, 3.63) is 0 Å². The van der Waals surface area contributed by atoms with Gasteiger partial charge in [0.25, 0.3) is 0 Å². The van der Waals surface area contributed by atoms with Gasteiger partial charge in [-0.1, -0.05) is 0 Å². The van der Waals surface area contributed by atoms with Gasteiger partial charge in [0.05, 0.1) is 0 Å². The average Bonchev–Trinajstić information content (AvgIpc) is 0.722. The van der Waals surface area contributed by atoms with E-state index in [2.05, 4.69) is 0 Å². The summed E-state index contributed by atoms with van der Waals surface area (Å²) in [6.45, 7) is 0. The molecule has 7 heteroatoms. The van der Waals surface area contributed by atoms with Crippen LogP contribution < -0.4 is 0 Å². The molecule has 0 aromatic rings. The topological polar surface area (TPSA) is 80.3 Å². The van der Waals surface area contributed by atoms with Crippen LogP contribution in [0.3, 0.4) is 0 Å². The van der Waals surface area contributed by atoms with Crippen molar-refractivity contribution in [3.8, 4) is 0 Å². The fourth-order valence-corrected chi connectivity index (χ4v) is 0. The SMILES string of the molecule is O=S(=O)([O-])[O-].[Ba+2].[Pd]. The summed E-state index contributed by atoms with van der Waals surface area (Å²) in [6.07, 6.45) is 0. The Morgan fingerprint density at radius 1 is 1.14 bits per heavy atom. The van der Waals surface area contributed by atoms with Crippen LogP contribution >= 0.6 is 0 Å². The molecule has 0 aromatic heterocycles. The van der Waals surface area contributed by atoms with E-state index in [1.165, 1.54) is 0 Å². The smallest absolute Gasteiger partial charge is 0.759 e. The van der Waals surface area contributed by atoms with Gasteiger partial charge in [0.15, 0.2) is 0 Å². The van der Waals surface area contributed by atoms with Crippen LogP contribution in [0.15, 0.2) is 0 Å².